The summed E-state index contributed by atoms with van der Waals surface area (Å²) in [5.74, 6) is -0.275. The average Bonchev–Trinajstić information content (AvgIpc) is 2.97. The number of carboxylic acids is 1. The Morgan fingerprint density at radius 1 is 1.19 bits per heavy atom. The monoisotopic (exact) mass is 287 g/mol. The van der Waals surface area contributed by atoms with Crippen LogP contribution in [0.2, 0.25) is 0 Å². The van der Waals surface area contributed by atoms with E-state index in [1.807, 2.05) is 24.3 Å². The zero-order valence-electron chi connectivity index (χ0n) is 12.0. The summed E-state index contributed by atoms with van der Waals surface area (Å²) in [5, 5.41) is 11.5. The molecule has 0 aliphatic heterocycles. The van der Waals surface area contributed by atoms with Crippen molar-refractivity contribution >= 4 is 18.0 Å². The van der Waals surface area contributed by atoms with Gasteiger partial charge in [-0.25, -0.2) is 4.79 Å². The van der Waals surface area contributed by atoms with Gasteiger partial charge < -0.3 is 10.4 Å². The predicted molar refractivity (Wildman–Crippen MR) is 81.5 cm³/mol. The van der Waals surface area contributed by atoms with Gasteiger partial charge in [0.25, 0.3) is 0 Å². The fraction of sp³-hybridized carbons (Fsp3) is 0.412. The summed E-state index contributed by atoms with van der Waals surface area (Å²) in [5.41, 5.74) is 1.85. The Balaban J connectivity index is 1.77. The van der Waals surface area contributed by atoms with Crippen LogP contribution >= 0.6 is 0 Å². The molecule has 0 spiro atoms. The Hall–Kier alpha value is -2.10. The number of hydrogen-bond acceptors (Lipinski definition) is 2. The topological polar surface area (TPSA) is 66.4 Å². The van der Waals surface area contributed by atoms with Crippen LogP contribution in [-0.4, -0.2) is 17.0 Å². The third-order valence-electron chi connectivity index (χ3n) is 3.84. The molecule has 112 valence electrons. The van der Waals surface area contributed by atoms with Gasteiger partial charge in [0.1, 0.15) is 0 Å². The van der Waals surface area contributed by atoms with Gasteiger partial charge >= 0.3 is 5.97 Å². The van der Waals surface area contributed by atoms with Crippen molar-refractivity contribution in [2.45, 2.75) is 38.6 Å². The van der Waals surface area contributed by atoms with Crippen LogP contribution in [0, 0.1) is 5.92 Å². The molecule has 1 saturated carbocycles. The third kappa shape index (κ3) is 5.42. The van der Waals surface area contributed by atoms with Crippen molar-refractivity contribution in [3.63, 3.8) is 0 Å². The lowest BCUT2D eigenvalue weighted by atomic mass is 10.0. The molecule has 0 radical (unpaired) electrons. The van der Waals surface area contributed by atoms with E-state index in [0.29, 0.717) is 18.9 Å². The number of nitrogens with one attached hydrogen (secondary N) is 1. The fourth-order valence-electron chi connectivity index (χ4n) is 2.66. The lowest BCUT2D eigenvalue weighted by molar-refractivity contribution is -0.131. The molecule has 1 fully saturated rings. The molecule has 0 bridgehead atoms. The van der Waals surface area contributed by atoms with Crippen molar-refractivity contribution in [2.24, 2.45) is 5.92 Å². The smallest absolute Gasteiger partial charge is 0.328 e. The lowest BCUT2D eigenvalue weighted by Gasteiger charge is -2.09. The number of carboxylic acid groups (broad SMARTS) is 1. The minimum atomic E-state index is -0.960. The molecule has 1 aliphatic rings. The molecular weight excluding hydrogens is 266 g/mol. The number of benzene rings is 1. The summed E-state index contributed by atoms with van der Waals surface area (Å²) in [6.07, 6.45) is 8.16. The summed E-state index contributed by atoms with van der Waals surface area (Å²) >= 11 is 0. The SMILES string of the molecule is O=C(O)C=Cc1ccc(CNC(=O)CC2CCCC2)cc1. The number of carbonyl (C=O) groups is 2. The molecule has 1 aromatic carbocycles. The van der Waals surface area contributed by atoms with Crippen LogP contribution in [0.15, 0.2) is 30.3 Å². The molecule has 0 saturated heterocycles. The summed E-state index contributed by atoms with van der Waals surface area (Å²) < 4.78 is 0. The molecule has 21 heavy (non-hydrogen) atoms. The molecule has 1 aliphatic carbocycles. The Kier molecular flexibility index (Phi) is 5.55. The van der Waals surface area contributed by atoms with Crippen LogP contribution in [-0.2, 0) is 16.1 Å². The van der Waals surface area contributed by atoms with Crippen LogP contribution in [0.3, 0.4) is 0 Å². The van der Waals surface area contributed by atoms with Crippen molar-refractivity contribution in [3.8, 4) is 0 Å². The number of carbonyl (C=O) groups excluding carboxylic acids is 1. The first-order valence-corrected chi connectivity index (χ1v) is 7.40. The Labute approximate surface area is 124 Å². The van der Waals surface area contributed by atoms with E-state index in [4.69, 9.17) is 5.11 Å². The van der Waals surface area contributed by atoms with Crippen molar-refractivity contribution < 1.29 is 14.7 Å². The van der Waals surface area contributed by atoms with Gasteiger partial charge in [0.05, 0.1) is 0 Å². The maximum Gasteiger partial charge on any atom is 0.328 e. The molecule has 0 heterocycles. The Morgan fingerprint density at radius 3 is 2.48 bits per heavy atom. The van der Waals surface area contributed by atoms with Gasteiger partial charge in [0.15, 0.2) is 0 Å². The van der Waals surface area contributed by atoms with Crippen molar-refractivity contribution in [1.82, 2.24) is 5.32 Å². The summed E-state index contributed by atoms with van der Waals surface area (Å²) in [4.78, 5) is 22.3. The Morgan fingerprint density at radius 2 is 1.86 bits per heavy atom. The third-order valence-corrected chi connectivity index (χ3v) is 3.84. The van der Waals surface area contributed by atoms with Crippen LogP contribution in [0.5, 0.6) is 0 Å². The van der Waals surface area contributed by atoms with Gasteiger partial charge in [-0.05, 0) is 36.0 Å². The Bertz CT molecular complexity index is 513. The van der Waals surface area contributed by atoms with Crippen LogP contribution in [0.25, 0.3) is 6.08 Å². The van der Waals surface area contributed by atoms with Gasteiger partial charge in [0, 0.05) is 19.0 Å². The number of rotatable bonds is 6. The van der Waals surface area contributed by atoms with Crippen molar-refractivity contribution in [3.05, 3.63) is 41.5 Å². The number of amides is 1. The van der Waals surface area contributed by atoms with Gasteiger partial charge in [-0.15, -0.1) is 0 Å². The highest BCUT2D eigenvalue weighted by molar-refractivity contribution is 5.85. The zero-order valence-corrected chi connectivity index (χ0v) is 12.0. The second kappa shape index (κ2) is 7.62. The van der Waals surface area contributed by atoms with Crippen molar-refractivity contribution in [2.75, 3.05) is 0 Å². The second-order valence-electron chi connectivity index (χ2n) is 5.54. The molecule has 2 rings (SSSR count). The molecule has 2 N–H and O–H groups in total. The van der Waals surface area contributed by atoms with Gasteiger partial charge in [-0.2, -0.15) is 0 Å². The van der Waals surface area contributed by atoms with Gasteiger partial charge in [-0.3, -0.25) is 4.79 Å². The molecule has 0 unspecified atom stereocenters. The van der Waals surface area contributed by atoms with E-state index in [1.165, 1.54) is 25.7 Å². The molecule has 0 aromatic heterocycles. The molecule has 4 nitrogen and oxygen atoms in total. The first-order chi connectivity index (χ1) is 10.1. The van der Waals surface area contributed by atoms with E-state index < -0.39 is 5.97 Å². The quantitative estimate of drug-likeness (QED) is 0.790. The summed E-state index contributed by atoms with van der Waals surface area (Å²) in [7, 11) is 0. The predicted octanol–water partition coefficient (Wildman–Crippen LogP) is 2.98. The van der Waals surface area contributed by atoms with Gasteiger partial charge in [0.2, 0.25) is 5.91 Å². The minimum Gasteiger partial charge on any atom is -0.478 e. The first kappa shape index (κ1) is 15.3. The average molecular weight is 287 g/mol. The van der Waals surface area contributed by atoms with E-state index in [-0.39, 0.29) is 5.91 Å². The van der Waals surface area contributed by atoms with E-state index in [0.717, 1.165) is 17.2 Å². The maximum absolute atomic E-state index is 11.8. The van der Waals surface area contributed by atoms with E-state index in [1.54, 1.807) is 6.08 Å². The first-order valence-electron chi connectivity index (χ1n) is 7.40. The highest BCUT2D eigenvalue weighted by Gasteiger charge is 2.17. The van der Waals surface area contributed by atoms with E-state index in [9.17, 15) is 9.59 Å². The van der Waals surface area contributed by atoms with E-state index in [2.05, 4.69) is 5.32 Å². The normalized spacial score (nSPS) is 15.4. The number of aliphatic carboxylic acids is 1. The van der Waals surface area contributed by atoms with Crippen LogP contribution in [0.1, 0.15) is 43.2 Å². The molecule has 1 amide bonds. The highest BCUT2D eigenvalue weighted by Crippen LogP contribution is 2.27. The standard InChI is InChI=1S/C17H21NO3/c19-16(11-14-3-1-2-4-14)18-12-15-7-5-13(6-8-15)9-10-17(20)21/h5-10,14H,1-4,11-12H2,(H,18,19)(H,20,21). The zero-order chi connectivity index (χ0) is 15.1. The minimum absolute atomic E-state index is 0.122. The molecule has 1 aromatic rings. The number of hydrogen-bond donors (Lipinski definition) is 2. The summed E-state index contributed by atoms with van der Waals surface area (Å²) in [6, 6.07) is 7.49. The van der Waals surface area contributed by atoms with Crippen LogP contribution in [0.4, 0.5) is 0 Å². The summed E-state index contributed by atoms with van der Waals surface area (Å²) in [6.45, 7) is 0.522. The van der Waals surface area contributed by atoms with Gasteiger partial charge in [-0.1, -0.05) is 37.1 Å². The molecule has 0 atom stereocenters. The maximum atomic E-state index is 11.8. The van der Waals surface area contributed by atoms with Crippen molar-refractivity contribution in [1.29, 1.82) is 0 Å². The molecular formula is C17H21NO3. The largest absolute Gasteiger partial charge is 0.478 e. The highest BCUT2D eigenvalue weighted by atomic mass is 16.4. The second-order valence-corrected chi connectivity index (χ2v) is 5.54. The molecule has 4 heteroatoms. The van der Waals surface area contributed by atoms with E-state index >= 15 is 0 Å². The fourth-order valence-corrected chi connectivity index (χ4v) is 2.66. The van der Waals surface area contributed by atoms with Crippen LogP contribution < -0.4 is 5.32 Å². The lowest BCUT2D eigenvalue weighted by Crippen LogP contribution is -2.24.